The van der Waals surface area contributed by atoms with E-state index in [-0.39, 0.29) is 0 Å². The lowest BCUT2D eigenvalue weighted by Gasteiger charge is -2.30. The number of nitrogens with one attached hydrogen (secondary N) is 1. The molecule has 1 aliphatic heterocycles. The van der Waals surface area contributed by atoms with Crippen LogP contribution >= 0.6 is 0 Å². The summed E-state index contributed by atoms with van der Waals surface area (Å²) in [6.07, 6.45) is 2.12. The van der Waals surface area contributed by atoms with E-state index in [0.717, 1.165) is 24.0 Å². The average molecular weight is 299 g/mol. The molecule has 1 N–H and O–H groups in total. The Morgan fingerprint density at radius 1 is 1.05 bits per heavy atom. The van der Waals surface area contributed by atoms with Gasteiger partial charge in [0.2, 0.25) is 10.0 Å². The lowest BCUT2D eigenvalue weighted by Crippen LogP contribution is -2.42. The highest BCUT2D eigenvalue weighted by molar-refractivity contribution is 7.89. The Morgan fingerprint density at radius 2 is 1.71 bits per heavy atom. The zero-order chi connectivity index (χ0) is 14.7. The lowest BCUT2D eigenvalue weighted by molar-refractivity contribution is 0.426. The number of aryl methyl sites for hydroxylation is 1. The van der Waals surface area contributed by atoms with Crippen LogP contribution in [0.5, 0.6) is 0 Å². The van der Waals surface area contributed by atoms with Gasteiger partial charge in [0.05, 0.1) is 10.4 Å². The highest BCUT2D eigenvalue weighted by Gasteiger charge is 2.55. The van der Waals surface area contributed by atoms with Gasteiger partial charge >= 0.3 is 0 Å². The Bertz CT molecular complexity index is 807. The smallest absolute Gasteiger partial charge is 0.207 e. The van der Waals surface area contributed by atoms with Gasteiger partial charge in [-0.15, -0.1) is 0 Å². The van der Waals surface area contributed by atoms with E-state index in [1.807, 2.05) is 19.1 Å². The van der Waals surface area contributed by atoms with E-state index in [4.69, 9.17) is 0 Å². The van der Waals surface area contributed by atoms with Crippen molar-refractivity contribution in [3.8, 4) is 0 Å². The number of benzene rings is 2. The standard InChI is InChI=1S/C17H17NO2S/c1-12-6-8-13(9-7-12)17(14-10-11-14)15-4-2-3-5-16(15)21(19,20)18-17/h2-9,14,18H,10-11H2,1H3/t17-/m1/s1. The number of fused-ring (bicyclic) bond motifs is 1. The monoisotopic (exact) mass is 299 g/mol. The summed E-state index contributed by atoms with van der Waals surface area (Å²) < 4.78 is 28.0. The van der Waals surface area contributed by atoms with Gasteiger partial charge in [0.15, 0.2) is 0 Å². The van der Waals surface area contributed by atoms with E-state index in [2.05, 4.69) is 29.0 Å². The van der Waals surface area contributed by atoms with E-state index < -0.39 is 15.6 Å². The molecule has 1 saturated carbocycles. The number of sulfonamides is 1. The second-order valence-corrected chi connectivity index (χ2v) is 7.70. The molecule has 0 unspecified atom stereocenters. The summed E-state index contributed by atoms with van der Waals surface area (Å²) in [7, 11) is -3.43. The third-order valence-corrected chi connectivity index (χ3v) is 6.12. The first kappa shape index (κ1) is 13.0. The highest BCUT2D eigenvalue weighted by Crippen LogP contribution is 2.54. The van der Waals surface area contributed by atoms with Crippen molar-refractivity contribution in [2.75, 3.05) is 0 Å². The molecule has 1 fully saturated rings. The zero-order valence-electron chi connectivity index (χ0n) is 11.8. The van der Waals surface area contributed by atoms with Crippen LogP contribution in [0.15, 0.2) is 53.4 Å². The van der Waals surface area contributed by atoms with Gasteiger partial charge in [-0.05, 0) is 42.9 Å². The van der Waals surface area contributed by atoms with Crippen LogP contribution < -0.4 is 4.72 Å². The van der Waals surface area contributed by atoms with Gasteiger partial charge in [0.1, 0.15) is 0 Å². The van der Waals surface area contributed by atoms with E-state index in [1.165, 1.54) is 5.56 Å². The summed E-state index contributed by atoms with van der Waals surface area (Å²) in [4.78, 5) is 0.428. The quantitative estimate of drug-likeness (QED) is 0.926. The molecule has 0 amide bonds. The average Bonchev–Trinajstić information content (AvgIpc) is 3.28. The molecule has 2 aromatic rings. The fourth-order valence-electron chi connectivity index (χ4n) is 3.43. The Labute approximate surface area is 125 Å². The molecule has 0 aromatic heterocycles. The molecule has 108 valence electrons. The second-order valence-electron chi connectivity index (χ2n) is 6.05. The van der Waals surface area contributed by atoms with Crippen molar-refractivity contribution in [2.24, 2.45) is 5.92 Å². The van der Waals surface area contributed by atoms with Crippen LogP contribution in [-0.4, -0.2) is 8.42 Å². The maximum atomic E-state index is 12.5. The maximum absolute atomic E-state index is 12.5. The molecule has 1 aliphatic carbocycles. The van der Waals surface area contributed by atoms with Crippen LogP contribution in [0.4, 0.5) is 0 Å². The molecule has 2 aliphatic rings. The first-order valence-corrected chi connectivity index (χ1v) is 8.73. The number of rotatable bonds is 2. The molecule has 1 heterocycles. The van der Waals surface area contributed by atoms with Crippen LogP contribution in [0, 0.1) is 12.8 Å². The summed E-state index contributed by atoms with van der Waals surface area (Å²) in [5.41, 5.74) is 2.54. The van der Waals surface area contributed by atoms with Crippen molar-refractivity contribution in [1.29, 1.82) is 0 Å². The third-order valence-electron chi connectivity index (χ3n) is 4.59. The second kappa shape index (κ2) is 4.18. The van der Waals surface area contributed by atoms with Crippen molar-refractivity contribution >= 4 is 10.0 Å². The molecule has 4 heteroatoms. The van der Waals surface area contributed by atoms with E-state index in [0.29, 0.717) is 10.8 Å². The molecule has 0 spiro atoms. The fourth-order valence-corrected chi connectivity index (χ4v) is 5.14. The first-order chi connectivity index (χ1) is 10.0. The van der Waals surface area contributed by atoms with E-state index >= 15 is 0 Å². The van der Waals surface area contributed by atoms with Crippen LogP contribution in [0.2, 0.25) is 0 Å². The predicted molar refractivity (Wildman–Crippen MR) is 81.4 cm³/mol. The van der Waals surface area contributed by atoms with E-state index in [1.54, 1.807) is 12.1 Å². The summed E-state index contributed by atoms with van der Waals surface area (Å²) in [5.74, 6) is 0.346. The molecule has 0 saturated heterocycles. The molecule has 1 atom stereocenters. The minimum Gasteiger partial charge on any atom is -0.207 e. The fraction of sp³-hybridized carbons (Fsp3) is 0.294. The summed E-state index contributed by atoms with van der Waals surface area (Å²) in [6.45, 7) is 2.04. The normalized spacial score (nSPS) is 26.5. The Kier molecular flexibility index (Phi) is 2.60. The Morgan fingerprint density at radius 3 is 2.38 bits per heavy atom. The molecular formula is C17H17NO2S. The summed E-state index contributed by atoms with van der Waals surface area (Å²) >= 11 is 0. The van der Waals surface area contributed by atoms with E-state index in [9.17, 15) is 8.42 Å². The van der Waals surface area contributed by atoms with Crippen molar-refractivity contribution in [3.05, 3.63) is 65.2 Å². The largest absolute Gasteiger partial charge is 0.242 e. The van der Waals surface area contributed by atoms with Crippen molar-refractivity contribution < 1.29 is 8.42 Å². The van der Waals surface area contributed by atoms with Gasteiger partial charge in [0.25, 0.3) is 0 Å². The minimum atomic E-state index is -3.43. The molecule has 21 heavy (non-hydrogen) atoms. The molecule has 3 nitrogen and oxygen atoms in total. The van der Waals surface area contributed by atoms with Crippen LogP contribution in [0.25, 0.3) is 0 Å². The Balaban J connectivity index is 2.01. The van der Waals surface area contributed by atoms with Gasteiger partial charge in [-0.2, -0.15) is 4.72 Å². The first-order valence-electron chi connectivity index (χ1n) is 7.25. The lowest BCUT2D eigenvalue weighted by atomic mass is 9.79. The van der Waals surface area contributed by atoms with Crippen molar-refractivity contribution in [2.45, 2.75) is 30.2 Å². The van der Waals surface area contributed by atoms with Crippen molar-refractivity contribution in [1.82, 2.24) is 4.72 Å². The van der Waals surface area contributed by atoms with Gasteiger partial charge in [0, 0.05) is 0 Å². The molecule has 0 radical (unpaired) electrons. The molecular weight excluding hydrogens is 282 g/mol. The van der Waals surface area contributed by atoms with Crippen LogP contribution in [-0.2, 0) is 15.6 Å². The van der Waals surface area contributed by atoms with Gasteiger partial charge in [-0.3, -0.25) is 0 Å². The molecule has 4 rings (SSSR count). The minimum absolute atomic E-state index is 0.346. The molecule has 2 aromatic carbocycles. The van der Waals surface area contributed by atoms with Crippen LogP contribution in [0.1, 0.15) is 29.5 Å². The number of hydrogen-bond acceptors (Lipinski definition) is 2. The topological polar surface area (TPSA) is 46.2 Å². The predicted octanol–water partition coefficient (Wildman–Crippen LogP) is 2.94. The van der Waals surface area contributed by atoms with Crippen LogP contribution in [0.3, 0.4) is 0 Å². The Hall–Kier alpha value is -1.65. The summed E-state index contributed by atoms with van der Waals surface area (Å²) in [6, 6.07) is 15.6. The third kappa shape index (κ3) is 1.79. The van der Waals surface area contributed by atoms with Gasteiger partial charge in [-0.25, -0.2) is 8.42 Å². The zero-order valence-corrected chi connectivity index (χ0v) is 12.7. The molecule has 0 bridgehead atoms. The van der Waals surface area contributed by atoms with Gasteiger partial charge < -0.3 is 0 Å². The van der Waals surface area contributed by atoms with Gasteiger partial charge in [-0.1, -0.05) is 48.0 Å². The van der Waals surface area contributed by atoms with Crippen molar-refractivity contribution in [3.63, 3.8) is 0 Å². The number of hydrogen-bond donors (Lipinski definition) is 1. The summed E-state index contributed by atoms with van der Waals surface area (Å²) in [5, 5.41) is 0. The SMILES string of the molecule is Cc1ccc([C@]2(C3CC3)NS(=O)(=O)c3ccccc32)cc1. The maximum Gasteiger partial charge on any atom is 0.242 e. The highest BCUT2D eigenvalue weighted by atomic mass is 32.2.